The molecule has 0 aliphatic carbocycles. The number of hydrogen-bond acceptors (Lipinski definition) is 2. The summed E-state index contributed by atoms with van der Waals surface area (Å²) in [5.74, 6) is 0.917. The minimum atomic E-state index is 0.0474. The summed E-state index contributed by atoms with van der Waals surface area (Å²) in [5.41, 5.74) is 8.14. The molecule has 1 aromatic carbocycles. The molecule has 0 bridgehead atoms. The van der Waals surface area contributed by atoms with Crippen LogP contribution in [0.5, 0.6) is 5.75 Å². The van der Waals surface area contributed by atoms with Crippen LogP contribution in [0.3, 0.4) is 0 Å². The number of rotatable bonds is 0. The lowest BCUT2D eigenvalue weighted by Crippen LogP contribution is -2.27. The molecule has 1 aliphatic heterocycles. The molecular formula is C11H14ClNO. The fraction of sp³-hybridized carbons (Fsp3) is 0.455. The van der Waals surface area contributed by atoms with Crippen molar-refractivity contribution in [2.24, 2.45) is 5.73 Å². The highest BCUT2D eigenvalue weighted by molar-refractivity contribution is 6.30. The standard InChI is InChI=1S/C11H14ClNO/c1-6-3-8(12)5-9-10(13)4-7(2)14-11(6)9/h3,5,7,10H,4,13H2,1-2H3. The van der Waals surface area contributed by atoms with Gasteiger partial charge in [-0.05, 0) is 31.5 Å². The van der Waals surface area contributed by atoms with Gasteiger partial charge in [0.05, 0.1) is 6.10 Å². The van der Waals surface area contributed by atoms with Gasteiger partial charge in [-0.1, -0.05) is 11.6 Å². The van der Waals surface area contributed by atoms with Gasteiger partial charge < -0.3 is 10.5 Å². The number of halogens is 1. The lowest BCUT2D eigenvalue weighted by Gasteiger charge is -2.29. The average Bonchev–Trinajstić information content (AvgIpc) is 2.07. The monoisotopic (exact) mass is 211 g/mol. The van der Waals surface area contributed by atoms with E-state index < -0.39 is 0 Å². The molecule has 1 heterocycles. The number of aryl methyl sites for hydroxylation is 1. The normalized spacial score (nSPS) is 25.4. The van der Waals surface area contributed by atoms with Crippen molar-refractivity contribution >= 4 is 11.6 Å². The summed E-state index contributed by atoms with van der Waals surface area (Å²) >= 11 is 5.97. The van der Waals surface area contributed by atoms with Gasteiger partial charge in [-0.2, -0.15) is 0 Å². The molecule has 76 valence electrons. The molecule has 3 heteroatoms. The molecule has 14 heavy (non-hydrogen) atoms. The quantitative estimate of drug-likeness (QED) is 0.716. The van der Waals surface area contributed by atoms with E-state index >= 15 is 0 Å². The maximum absolute atomic E-state index is 6.04. The zero-order chi connectivity index (χ0) is 10.3. The molecule has 0 amide bonds. The second-order valence-corrected chi connectivity index (χ2v) is 4.35. The van der Waals surface area contributed by atoms with Crippen molar-refractivity contribution in [3.8, 4) is 5.75 Å². The zero-order valence-electron chi connectivity index (χ0n) is 8.38. The molecule has 0 fully saturated rings. The van der Waals surface area contributed by atoms with Crippen LogP contribution < -0.4 is 10.5 Å². The molecule has 0 saturated carbocycles. The van der Waals surface area contributed by atoms with Crippen LogP contribution in [0, 0.1) is 6.92 Å². The minimum Gasteiger partial charge on any atom is -0.490 e. The van der Waals surface area contributed by atoms with Crippen LogP contribution in [-0.4, -0.2) is 6.10 Å². The lowest BCUT2D eigenvalue weighted by atomic mass is 9.96. The molecule has 0 radical (unpaired) electrons. The first-order valence-electron chi connectivity index (χ1n) is 4.80. The van der Waals surface area contributed by atoms with Crippen molar-refractivity contribution < 1.29 is 4.74 Å². The molecule has 0 aromatic heterocycles. The van der Waals surface area contributed by atoms with E-state index in [-0.39, 0.29) is 12.1 Å². The first-order chi connectivity index (χ1) is 6.58. The second-order valence-electron chi connectivity index (χ2n) is 3.91. The van der Waals surface area contributed by atoms with E-state index in [2.05, 4.69) is 0 Å². The van der Waals surface area contributed by atoms with Crippen LogP contribution in [0.1, 0.15) is 30.5 Å². The van der Waals surface area contributed by atoms with E-state index in [4.69, 9.17) is 22.1 Å². The molecule has 2 atom stereocenters. The van der Waals surface area contributed by atoms with Crippen LogP contribution in [0.4, 0.5) is 0 Å². The molecule has 2 N–H and O–H groups in total. The first kappa shape index (κ1) is 9.81. The predicted molar refractivity (Wildman–Crippen MR) is 57.8 cm³/mol. The van der Waals surface area contributed by atoms with E-state index in [1.807, 2.05) is 26.0 Å². The van der Waals surface area contributed by atoms with Crippen molar-refractivity contribution in [2.45, 2.75) is 32.4 Å². The Balaban J connectivity index is 2.53. The van der Waals surface area contributed by atoms with E-state index in [0.29, 0.717) is 0 Å². The second kappa shape index (κ2) is 3.44. The average molecular weight is 212 g/mol. The molecule has 1 aromatic rings. The molecule has 1 aliphatic rings. The summed E-state index contributed by atoms with van der Waals surface area (Å²) < 4.78 is 5.75. The van der Waals surface area contributed by atoms with Crippen molar-refractivity contribution in [2.75, 3.05) is 0 Å². The Bertz CT molecular complexity index is 365. The molecule has 2 nitrogen and oxygen atoms in total. The smallest absolute Gasteiger partial charge is 0.127 e. The van der Waals surface area contributed by atoms with Crippen LogP contribution in [-0.2, 0) is 0 Å². The van der Waals surface area contributed by atoms with E-state index in [9.17, 15) is 0 Å². The van der Waals surface area contributed by atoms with Crippen LogP contribution in [0.15, 0.2) is 12.1 Å². The summed E-state index contributed by atoms with van der Waals surface area (Å²) in [6, 6.07) is 3.86. The Morgan fingerprint density at radius 3 is 2.93 bits per heavy atom. The van der Waals surface area contributed by atoms with Crippen molar-refractivity contribution in [1.29, 1.82) is 0 Å². The van der Waals surface area contributed by atoms with Gasteiger partial charge in [-0.25, -0.2) is 0 Å². The Hall–Kier alpha value is -0.730. The largest absolute Gasteiger partial charge is 0.490 e. The summed E-state index contributed by atoms with van der Waals surface area (Å²) in [4.78, 5) is 0. The van der Waals surface area contributed by atoms with Gasteiger partial charge in [-0.3, -0.25) is 0 Å². The van der Waals surface area contributed by atoms with Gasteiger partial charge >= 0.3 is 0 Å². The topological polar surface area (TPSA) is 35.2 Å². The molecule has 2 rings (SSSR count). The SMILES string of the molecule is Cc1cc(Cl)cc2c1OC(C)CC2N. The third-order valence-electron chi connectivity index (χ3n) is 2.57. The molecule has 2 unspecified atom stereocenters. The fourth-order valence-electron chi connectivity index (χ4n) is 1.93. The Kier molecular flexibility index (Phi) is 2.41. The highest BCUT2D eigenvalue weighted by Crippen LogP contribution is 2.37. The molecule has 0 saturated heterocycles. The van der Waals surface area contributed by atoms with Crippen LogP contribution in [0.2, 0.25) is 5.02 Å². The maximum atomic E-state index is 6.04. The summed E-state index contributed by atoms with van der Waals surface area (Å²) in [7, 11) is 0. The van der Waals surface area contributed by atoms with Crippen molar-refractivity contribution in [1.82, 2.24) is 0 Å². The summed E-state index contributed by atoms with van der Waals surface area (Å²) in [5, 5.41) is 0.731. The Morgan fingerprint density at radius 1 is 1.50 bits per heavy atom. The van der Waals surface area contributed by atoms with E-state index in [1.165, 1.54) is 0 Å². The number of benzene rings is 1. The number of hydrogen-bond donors (Lipinski definition) is 1. The summed E-state index contributed by atoms with van der Waals surface area (Å²) in [6.45, 7) is 4.03. The van der Waals surface area contributed by atoms with Gasteiger partial charge in [0.2, 0.25) is 0 Å². The van der Waals surface area contributed by atoms with Gasteiger partial charge in [0.1, 0.15) is 5.75 Å². The van der Waals surface area contributed by atoms with Crippen molar-refractivity contribution in [3.05, 3.63) is 28.3 Å². The number of nitrogens with two attached hydrogens (primary N) is 1. The lowest BCUT2D eigenvalue weighted by molar-refractivity contribution is 0.175. The third-order valence-corrected chi connectivity index (χ3v) is 2.79. The fourth-order valence-corrected chi connectivity index (χ4v) is 2.21. The van der Waals surface area contributed by atoms with Gasteiger partial charge in [0.25, 0.3) is 0 Å². The van der Waals surface area contributed by atoms with Crippen LogP contribution in [0.25, 0.3) is 0 Å². The van der Waals surface area contributed by atoms with E-state index in [0.717, 1.165) is 28.3 Å². The maximum Gasteiger partial charge on any atom is 0.127 e. The minimum absolute atomic E-state index is 0.0474. The highest BCUT2D eigenvalue weighted by Gasteiger charge is 2.24. The Morgan fingerprint density at radius 2 is 2.21 bits per heavy atom. The molecular weight excluding hydrogens is 198 g/mol. The van der Waals surface area contributed by atoms with Gasteiger partial charge in [0.15, 0.2) is 0 Å². The number of fused-ring (bicyclic) bond motifs is 1. The summed E-state index contributed by atoms with van der Waals surface area (Å²) in [6.07, 6.45) is 1.05. The Labute approximate surface area is 89.0 Å². The predicted octanol–water partition coefficient (Wildman–Crippen LogP) is 2.82. The number of ether oxygens (including phenoxy) is 1. The molecule has 0 spiro atoms. The first-order valence-corrected chi connectivity index (χ1v) is 5.18. The van der Waals surface area contributed by atoms with Gasteiger partial charge in [0, 0.05) is 23.0 Å². The highest BCUT2D eigenvalue weighted by atomic mass is 35.5. The van der Waals surface area contributed by atoms with E-state index in [1.54, 1.807) is 0 Å². The van der Waals surface area contributed by atoms with Crippen molar-refractivity contribution in [3.63, 3.8) is 0 Å². The zero-order valence-corrected chi connectivity index (χ0v) is 9.14. The third kappa shape index (κ3) is 1.60. The van der Waals surface area contributed by atoms with Crippen LogP contribution >= 0.6 is 11.6 Å². The van der Waals surface area contributed by atoms with Gasteiger partial charge in [-0.15, -0.1) is 0 Å².